The number of rotatable bonds is 11. The van der Waals surface area contributed by atoms with Crippen LogP contribution in [0.4, 0.5) is 4.39 Å². The van der Waals surface area contributed by atoms with Gasteiger partial charge in [-0.2, -0.15) is 0 Å². The number of halogens is 2. The first-order valence-corrected chi connectivity index (χ1v) is 11.6. The summed E-state index contributed by atoms with van der Waals surface area (Å²) in [4.78, 5) is 27.1. The molecule has 1 atom stereocenters. The van der Waals surface area contributed by atoms with E-state index in [1.54, 1.807) is 42.2 Å². The number of benzene rings is 2. The van der Waals surface area contributed by atoms with E-state index >= 15 is 0 Å². The molecule has 30 heavy (non-hydrogen) atoms. The van der Waals surface area contributed by atoms with Gasteiger partial charge in [-0.1, -0.05) is 55.3 Å². The molecule has 2 rings (SSSR count). The van der Waals surface area contributed by atoms with E-state index < -0.39 is 6.04 Å². The summed E-state index contributed by atoms with van der Waals surface area (Å²) in [6.07, 6.45) is 1.87. The highest BCUT2D eigenvalue weighted by atomic mass is 35.5. The third-order valence-electron chi connectivity index (χ3n) is 4.70. The van der Waals surface area contributed by atoms with E-state index in [1.165, 1.54) is 17.8 Å². The van der Waals surface area contributed by atoms with Crippen molar-refractivity contribution in [2.45, 2.75) is 45.0 Å². The predicted molar refractivity (Wildman–Crippen MR) is 122 cm³/mol. The zero-order valence-corrected chi connectivity index (χ0v) is 18.9. The smallest absolute Gasteiger partial charge is 0.242 e. The monoisotopic (exact) mass is 450 g/mol. The van der Waals surface area contributed by atoms with Gasteiger partial charge in [-0.15, -0.1) is 11.8 Å². The molecule has 2 aromatic rings. The van der Waals surface area contributed by atoms with Crippen molar-refractivity contribution in [2.75, 3.05) is 12.3 Å². The molecule has 0 aliphatic carbocycles. The topological polar surface area (TPSA) is 49.4 Å². The molecular weight excluding hydrogens is 423 g/mol. The Balaban J connectivity index is 2.04. The zero-order chi connectivity index (χ0) is 21.9. The predicted octanol–water partition coefficient (Wildman–Crippen LogP) is 5.05. The second-order valence-corrected chi connectivity index (χ2v) is 8.47. The first-order chi connectivity index (χ1) is 14.4. The van der Waals surface area contributed by atoms with Crippen LogP contribution in [0.1, 0.15) is 37.8 Å². The lowest BCUT2D eigenvalue weighted by molar-refractivity contribution is -0.138. The van der Waals surface area contributed by atoms with Crippen LogP contribution in [0.3, 0.4) is 0 Å². The van der Waals surface area contributed by atoms with E-state index in [0.29, 0.717) is 29.4 Å². The Kier molecular flexibility index (Phi) is 10.2. The van der Waals surface area contributed by atoms with Crippen LogP contribution in [0.25, 0.3) is 0 Å². The standard InChI is InChI=1S/C23H28ClFN2O2S/c1-3-4-13-26-23(29)17(2)27(14-18-9-11-20(24)12-10-18)22(28)16-30-15-19-7-5-6-8-21(19)25/h5-12,17H,3-4,13-16H2,1-2H3,(H,26,29)/t17-/m0/s1. The number of hydrogen-bond donors (Lipinski definition) is 1. The molecule has 4 nitrogen and oxygen atoms in total. The molecule has 0 aliphatic heterocycles. The minimum atomic E-state index is -0.612. The Morgan fingerprint density at radius 1 is 1.17 bits per heavy atom. The Bertz CT molecular complexity index is 832. The summed E-state index contributed by atoms with van der Waals surface area (Å²) < 4.78 is 13.8. The molecule has 0 radical (unpaired) electrons. The van der Waals surface area contributed by atoms with Crippen molar-refractivity contribution in [3.8, 4) is 0 Å². The van der Waals surface area contributed by atoms with Crippen molar-refractivity contribution >= 4 is 35.2 Å². The van der Waals surface area contributed by atoms with Crippen LogP contribution in [-0.2, 0) is 21.9 Å². The fraction of sp³-hybridized carbons (Fsp3) is 0.391. The first kappa shape index (κ1) is 24.2. The van der Waals surface area contributed by atoms with Crippen LogP contribution in [-0.4, -0.2) is 35.1 Å². The average molecular weight is 451 g/mol. The molecule has 2 amide bonds. The van der Waals surface area contributed by atoms with E-state index in [9.17, 15) is 14.0 Å². The summed E-state index contributed by atoms with van der Waals surface area (Å²) in [6, 6.07) is 13.1. The van der Waals surface area contributed by atoms with Crippen molar-refractivity contribution in [2.24, 2.45) is 0 Å². The maximum absolute atomic E-state index is 13.8. The molecule has 0 fully saturated rings. The van der Waals surface area contributed by atoms with E-state index in [1.807, 2.05) is 12.1 Å². The summed E-state index contributed by atoms with van der Waals surface area (Å²) in [5.41, 5.74) is 1.45. The molecule has 0 bridgehead atoms. The molecule has 0 aliphatic rings. The largest absolute Gasteiger partial charge is 0.354 e. The van der Waals surface area contributed by atoms with Gasteiger partial charge in [-0.05, 0) is 42.7 Å². The number of nitrogens with zero attached hydrogens (tertiary/aromatic N) is 1. The first-order valence-electron chi connectivity index (χ1n) is 10.0. The molecule has 7 heteroatoms. The van der Waals surface area contributed by atoms with Crippen LogP contribution in [0.2, 0.25) is 5.02 Å². The van der Waals surface area contributed by atoms with E-state index in [4.69, 9.17) is 11.6 Å². The third kappa shape index (κ3) is 7.65. The molecule has 162 valence electrons. The van der Waals surface area contributed by atoms with Crippen LogP contribution >= 0.6 is 23.4 Å². The van der Waals surface area contributed by atoms with Gasteiger partial charge in [0.25, 0.3) is 0 Å². The summed E-state index contributed by atoms with van der Waals surface area (Å²) in [6.45, 7) is 4.68. The second-order valence-electron chi connectivity index (χ2n) is 7.05. The SMILES string of the molecule is CCCCNC(=O)[C@H](C)N(Cc1ccc(Cl)cc1)C(=O)CSCc1ccccc1F. The molecule has 0 heterocycles. The normalized spacial score (nSPS) is 11.7. The molecule has 1 N–H and O–H groups in total. The number of unbranched alkanes of at least 4 members (excludes halogenated alkanes) is 1. The second kappa shape index (κ2) is 12.6. The number of thioether (sulfide) groups is 1. The maximum atomic E-state index is 13.8. The Labute approximate surface area is 187 Å². The molecule has 0 spiro atoms. The van der Waals surface area contributed by atoms with Gasteiger partial charge in [0.15, 0.2) is 0 Å². The van der Waals surface area contributed by atoms with Crippen molar-refractivity contribution in [3.05, 3.63) is 70.5 Å². The highest BCUT2D eigenvalue weighted by molar-refractivity contribution is 7.99. The van der Waals surface area contributed by atoms with Crippen molar-refractivity contribution < 1.29 is 14.0 Å². The highest BCUT2D eigenvalue weighted by Crippen LogP contribution is 2.18. The molecule has 0 aromatic heterocycles. The summed E-state index contributed by atoms with van der Waals surface area (Å²) in [5.74, 6) is -0.0628. The Hall–Kier alpha value is -2.05. The number of carbonyl (C=O) groups is 2. The highest BCUT2D eigenvalue weighted by Gasteiger charge is 2.25. The van der Waals surface area contributed by atoms with Gasteiger partial charge >= 0.3 is 0 Å². The average Bonchev–Trinajstić information content (AvgIpc) is 2.74. The molecule has 0 saturated heterocycles. The quantitative estimate of drug-likeness (QED) is 0.487. The van der Waals surface area contributed by atoms with Crippen LogP contribution in [0.5, 0.6) is 0 Å². The lowest BCUT2D eigenvalue weighted by Gasteiger charge is -2.29. The van der Waals surface area contributed by atoms with Gasteiger partial charge < -0.3 is 10.2 Å². The third-order valence-corrected chi connectivity index (χ3v) is 5.92. The number of carbonyl (C=O) groups excluding carboxylic acids is 2. The van der Waals surface area contributed by atoms with Gasteiger partial charge in [-0.25, -0.2) is 4.39 Å². The minimum Gasteiger partial charge on any atom is -0.354 e. The number of nitrogens with one attached hydrogen (secondary N) is 1. The number of hydrogen-bond acceptors (Lipinski definition) is 3. The van der Waals surface area contributed by atoms with Gasteiger partial charge in [-0.3, -0.25) is 9.59 Å². The fourth-order valence-electron chi connectivity index (χ4n) is 2.85. The van der Waals surface area contributed by atoms with Gasteiger partial charge in [0, 0.05) is 23.9 Å². The fourth-order valence-corrected chi connectivity index (χ4v) is 3.87. The van der Waals surface area contributed by atoms with E-state index in [2.05, 4.69) is 12.2 Å². The molecule has 2 aromatic carbocycles. The van der Waals surface area contributed by atoms with Crippen LogP contribution in [0.15, 0.2) is 48.5 Å². The lowest BCUT2D eigenvalue weighted by Crippen LogP contribution is -2.48. The Morgan fingerprint density at radius 2 is 1.87 bits per heavy atom. The lowest BCUT2D eigenvalue weighted by atomic mass is 10.1. The minimum absolute atomic E-state index is 0.161. The summed E-state index contributed by atoms with van der Waals surface area (Å²) >= 11 is 7.29. The number of amides is 2. The molecular formula is C23H28ClFN2O2S. The van der Waals surface area contributed by atoms with Gasteiger partial charge in [0.05, 0.1) is 5.75 Å². The summed E-state index contributed by atoms with van der Waals surface area (Å²) in [7, 11) is 0. The summed E-state index contributed by atoms with van der Waals surface area (Å²) in [5, 5.41) is 3.51. The van der Waals surface area contributed by atoms with E-state index in [0.717, 1.165) is 18.4 Å². The van der Waals surface area contributed by atoms with Crippen molar-refractivity contribution in [1.29, 1.82) is 0 Å². The van der Waals surface area contributed by atoms with Crippen molar-refractivity contribution in [3.63, 3.8) is 0 Å². The van der Waals surface area contributed by atoms with Gasteiger partial charge in [0.1, 0.15) is 11.9 Å². The zero-order valence-electron chi connectivity index (χ0n) is 17.4. The van der Waals surface area contributed by atoms with Crippen LogP contribution in [0, 0.1) is 5.82 Å². The van der Waals surface area contributed by atoms with Crippen molar-refractivity contribution in [1.82, 2.24) is 10.2 Å². The molecule has 0 saturated carbocycles. The van der Waals surface area contributed by atoms with Gasteiger partial charge in [0.2, 0.25) is 11.8 Å². The van der Waals surface area contributed by atoms with E-state index in [-0.39, 0.29) is 23.4 Å². The maximum Gasteiger partial charge on any atom is 0.242 e. The molecule has 0 unspecified atom stereocenters. The van der Waals surface area contributed by atoms with Crippen LogP contribution < -0.4 is 5.32 Å². The Morgan fingerprint density at radius 3 is 2.53 bits per heavy atom.